The van der Waals surface area contributed by atoms with Crippen LogP contribution < -0.4 is 0 Å². The Hall–Kier alpha value is -0.860. The van der Waals surface area contributed by atoms with Crippen LogP contribution in [-0.2, 0) is 14.3 Å². The van der Waals surface area contributed by atoms with Crippen molar-refractivity contribution in [1.82, 2.24) is 0 Å². The Morgan fingerprint density at radius 2 is 1.73 bits per heavy atom. The van der Waals surface area contributed by atoms with Crippen molar-refractivity contribution in [1.29, 1.82) is 0 Å². The topological polar surface area (TPSA) is 43.4 Å². The Morgan fingerprint density at radius 1 is 1.13 bits per heavy atom. The molecule has 0 spiro atoms. The third-order valence-corrected chi connectivity index (χ3v) is 3.27. The molecular weight excluding hydrogens is 192 g/mol. The van der Waals surface area contributed by atoms with Crippen LogP contribution in [0, 0.1) is 11.8 Å². The third kappa shape index (κ3) is 3.33. The maximum Gasteiger partial charge on any atom is 0.374 e. The zero-order valence-electron chi connectivity index (χ0n) is 9.62. The van der Waals surface area contributed by atoms with Gasteiger partial charge in [-0.1, -0.05) is 13.3 Å². The first-order chi connectivity index (χ1) is 7.19. The Kier molecular flexibility index (Phi) is 4.79. The Morgan fingerprint density at radius 3 is 2.20 bits per heavy atom. The van der Waals surface area contributed by atoms with E-state index in [2.05, 4.69) is 6.92 Å². The highest BCUT2D eigenvalue weighted by Gasteiger charge is 2.30. The summed E-state index contributed by atoms with van der Waals surface area (Å²) in [5.74, 6) is -0.285. The number of Topliss-reactive ketones (excluding diaryl/α,β-unsaturated/α-hetero) is 1. The van der Waals surface area contributed by atoms with Crippen molar-refractivity contribution < 1.29 is 14.3 Å². The summed E-state index contributed by atoms with van der Waals surface area (Å²) < 4.78 is 4.72. The molecule has 0 aliphatic heterocycles. The van der Waals surface area contributed by atoms with Crippen molar-refractivity contribution in [3.63, 3.8) is 0 Å². The van der Waals surface area contributed by atoms with Gasteiger partial charge in [-0.25, -0.2) is 4.79 Å². The van der Waals surface area contributed by atoms with Crippen LogP contribution in [-0.4, -0.2) is 18.4 Å². The number of carbonyl (C=O) groups is 2. The second-order valence-electron chi connectivity index (χ2n) is 4.21. The van der Waals surface area contributed by atoms with E-state index in [-0.39, 0.29) is 18.3 Å². The molecule has 0 aromatic rings. The van der Waals surface area contributed by atoms with Gasteiger partial charge in [0.1, 0.15) is 0 Å². The number of rotatable bonds is 4. The van der Waals surface area contributed by atoms with Crippen molar-refractivity contribution in [2.75, 3.05) is 6.61 Å². The van der Waals surface area contributed by atoms with Gasteiger partial charge in [-0.3, -0.25) is 4.79 Å². The van der Waals surface area contributed by atoms with Gasteiger partial charge >= 0.3 is 5.97 Å². The largest absolute Gasteiger partial charge is 0.460 e. The third-order valence-electron chi connectivity index (χ3n) is 3.27. The van der Waals surface area contributed by atoms with Crippen molar-refractivity contribution in [3.8, 4) is 0 Å². The van der Waals surface area contributed by atoms with Gasteiger partial charge in [0.15, 0.2) is 0 Å². The van der Waals surface area contributed by atoms with Crippen LogP contribution in [0.1, 0.15) is 46.0 Å². The quantitative estimate of drug-likeness (QED) is 0.530. The zero-order valence-corrected chi connectivity index (χ0v) is 9.62. The average molecular weight is 212 g/mol. The summed E-state index contributed by atoms with van der Waals surface area (Å²) in [7, 11) is 0. The molecular formula is C12H20O3. The summed E-state index contributed by atoms with van der Waals surface area (Å²) in [6, 6.07) is 0. The lowest BCUT2D eigenvalue weighted by atomic mass is 9.79. The lowest BCUT2D eigenvalue weighted by Crippen LogP contribution is -2.29. The van der Waals surface area contributed by atoms with Crippen molar-refractivity contribution in [2.24, 2.45) is 11.8 Å². The van der Waals surface area contributed by atoms with Gasteiger partial charge in [-0.15, -0.1) is 0 Å². The summed E-state index contributed by atoms with van der Waals surface area (Å²) in [5.41, 5.74) is 0. The summed E-state index contributed by atoms with van der Waals surface area (Å²) in [4.78, 5) is 22.8. The Balaban J connectivity index is 2.39. The molecule has 0 aromatic heterocycles. The minimum atomic E-state index is -0.641. The summed E-state index contributed by atoms with van der Waals surface area (Å²) >= 11 is 0. The fourth-order valence-corrected chi connectivity index (χ4v) is 2.20. The van der Waals surface area contributed by atoms with Gasteiger partial charge in [0.05, 0.1) is 6.61 Å². The predicted octanol–water partition coefficient (Wildman–Crippen LogP) is 2.33. The molecule has 0 bridgehead atoms. The highest BCUT2D eigenvalue weighted by Crippen LogP contribution is 2.31. The van der Waals surface area contributed by atoms with Crippen LogP contribution in [0.5, 0.6) is 0 Å². The Bertz CT molecular complexity index is 227. The molecule has 0 unspecified atom stereocenters. The molecule has 86 valence electrons. The van der Waals surface area contributed by atoms with Crippen molar-refractivity contribution in [3.05, 3.63) is 0 Å². The highest BCUT2D eigenvalue weighted by atomic mass is 16.5. The van der Waals surface area contributed by atoms with Gasteiger partial charge in [0, 0.05) is 5.92 Å². The van der Waals surface area contributed by atoms with E-state index in [1.54, 1.807) is 6.92 Å². The standard InChI is InChI=1S/C12H20O3/c1-3-9-5-7-10(8-6-9)11(13)12(14)15-4-2/h9-10H,3-8H2,1-2H3. The normalized spacial score (nSPS) is 26.0. The van der Waals surface area contributed by atoms with E-state index < -0.39 is 5.97 Å². The number of carbonyl (C=O) groups excluding carboxylic acids is 2. The molecule has 0 saturated heterocycles. The number of hydrogen-bond acceptors (Lipinski definition) is 3. The van der Waals surface area contributed by atoms with E-state index in [0.29, 0.717) is 0 Å². The fourth-order valence-electron chi connectivity index (χ4n) is 2.20. The second kappa shape index (κ2) is 5.89. The molecule has 0 amide bonds. The molecule has 0 aromatic carbocycles. The van der Waals surface area contributed by atoms with Gasteiger partial charge in [-0.05, 0) is 38.5 Å². The van der Waals surface area contributed by atoms with Crippen molar-refractivity contribution in [2.45, 2.75) is 46.0 Å². The SMILES string of the molecule is CCOC(=O)C(=O)C1CCC(CC)CC1. The number of ether oxygens (including phenoxy) is 1. The summed E-state index contributed by atoms with van der Waals surface area (Å²) in [6.45, 7) is 4.19. The van der Waals surface area contributed by atoms with E-state index in [9.17, 15) is 9.59 Å². The monoisotopic (exact) mass is 212 g/mol. The molecule has 1 rings (SSSR count). The molecule has 15 heavy (non-hydrogen) atoms. The van der Waals surface area contributed by atoms with E-state index in [1.165, 1.54) is 6.42 Å². The maximum atomic E-state index is 11.6. The lowest BCUT2D eigenvalue weighted by Gasteiger charge is -2.25. The highest BCUT2D eigenvalue weighted by molar-refractivity contribution is 6.34. The molecule has 3 heteroatoms. The summed E-state index contributed by atoms with van der Waals surface area (Å²) in [5, 5.41) is 0. The molecule has 0 heterocycles. The Labute approximate surface area is 91.2 Å². The van der Waals surface area contributed by atoms with Gasteiger partial charge in [0.2, 0.25) is 5.78 Å². The summed E-state index contributed by atoms with van der Waals surface area (Å²) in [6.07, 6.45) is 5.05. The van der Waals surface area contributed by atoms with E-state index in [4.69, 9.17) is 4.74 Å². The van der Waals surface area contributed by atoms with Crippen LogP contribution in [0.25, 0.3) is 0 Å². The average Bonchev–Trinajstić information content (AvgIpc) is 2.28. The first kappa shape index (κ1) is 12.2. The fraction of sp³-hybridized carbons (Fsp3) is 0.833. The van der Waals surface area contributed by atoms with Gasteiger partial charge < -0.3 is 4.74 Å². The van der Waals surface area contributed by atoms with Crippen LogP contribution >= 0.6 is 0 Å². The second-order valence-corrected chi connectivity index (χ2v) is 4.21. The molecule has 1 aliphatic rings. The van der Waals surface area contributed by atoms with Crippen LogP contribution in [0.3, 0.4) is 0 Å². The molecule has 1 fully saturated rings. The molecule has 1 aliphatic carbocycles. The molecule has 0 atom stereocenters. The lowest BCUT2D eigenvalue weighted by molar-refractivity contribution is -0.155. The molecule has 0 radical (unpaired) electrons. The van der Waals surface area contributed by atoms with E-state index in [0.717, 1.165) is 31.6 Å². The predicted molar refractivity (Wildman–Crippen MR) is 57.4 cm³/mol. The smallest absolute Gasteiger partial charge is 0.374 e. The van der Waals surface area contributed by atoms with Gasteiger partial charge in [-0.2, -0.15) is 0 Å². The van der Waals surface area contributed by atoms with E-state index in [1.807, 2.05) is 0 Å². The molecule has 3 nitrogen and oxygen atoms in total. The minimum Gasteiger partial charge on any atom is -0.460 e. The first-order valence-corrected chi connectivity index (χ1v) is 5.90. The first-order valence-electron chi connectivity index (χ1n) is 5.90. The molecule has 0 N–H and O–H groups in total. The van der Waals surface area contributed by atoms with E-state index >= 15 is 0 Å². The van der Waals surface area contributed by atoms with Crippen LogP contribution in [0.4, 0.5) is 0 Å². The number of ketones is 1. The van der Waals surface area contributed by atoms with Crippen molar-refractivity contribution >= 4 is 11.8 Å². The minimum absolute atomic E-state index is 0.0770. The van der Waals surface area contributed by atoms with Gasteiger partial charge in [0.25, 0.3) is 0 Å². The molecule has 1 saturated carbocycles. The number of hydrogen-bond donors (Lipinski definition) is 0. The number of esters is 1. The van der Waals surface area contributed by atoms with Crippen LogP contribution in [0.2, 0.25) is 0 Å². The maximum absolute atomic E-state index is 11.6. The zero-order chi connectivity index (χ0) is 11.3. The van der Waals surface area contributed by atoms with Crippen LogP contribution in [0.15, 0.2) is 0 Å².